The van der Waals surface area contributed by atoms with Crippen LogP contribution in [0.25, 0.3) is 0 Å². The summed E-state index contributed by atoms with van der Waals surface area (Å²) in [7, 11) is 1.23. The van der Waals surface area contributed by atoms with Crippen molar-refractivity contribution >= 4 is 23.6 Å². The Morgan fingerprint density at radius 2 is 2.00 bits per heavy atom. The maximum atomic E-state index is 12.3. The molecule has 1 aliphatic carbocycles. The normalized spacial score (nSPS) is 18.5. The highest BCUT2D eigenvalue weighted by atomic mass is 16.5. The molecular formula is C17H19NO6. The number of carbonyl (C=O) groups is 4. The summed E-state index contributed by atoms with van der Waals surface area (Å²) < 4.78 is 4.60. The molecule has 2 N–H and O–H groups in total. The predicted molar refractivity (Wildman–Crippen MR) is 83.6 cm³/mol. The van der Waals surface area contributed by atoms with Gasteiger partial charge in [0, 0.05) is 18.4 Å². The smallest absolute Gasteiger partial charge is 0.337 e. The van der Waals surface area contributed by atoms with E-state index in [0.717, 1.165) is 0 Å². The molecule has 0 saturated heterocycles. The molecule has 0 radical (unpaired) electrons. The number of amides is 1. The highest BCUT2D eigenvalue weighted by molar-refractivity contribution is 5.99. The minimum Gasteiger partial charge on any atom is -0.480 e. The predicted octanol–water partition coefficient (Wildman–Crippen LogP) is 1.42. The SMILES string of the molecule is COC(=O)c1cccc(C(=O)N[C@@H](C(=O)O)[C@H]2CCCC(=O)C2)c1. The van der Waals surface area contributed by atoms with Gasteiger partial charge in [-0.3, -0.25) is 9.59 Å². The van der Waals surface area contributed by atoms with Gasteiger partial charge in [0.25, 0.3) is 5.91 Å². The summed E-state index contributed by atoms with van der Waals surface area (Å²) in [5.74, 6) is -2.77. The molecule has 1 fully saturated rings. The minimum absolute atomic E-state index is 0.0134. The van der Waals surface area contributed by atoms with Gasteiger partial charge >= 0.3 is 11.9 Å². The highest BCUT2D eigenvalue weighted by Crippen LogP contribution is 2.25. The van der Waals surface area contributed by atoms with Crippen molar-refractivity contribution in [2.75, 3.05) is 7.11 Å². The van der Waals surface area contributed by atoms with Crippen LogP contribution in [0.15, 0.2) is 24.3 Å². The van der Waals surface area contributed by atoms with Crippen molar-refractivity contribution in [1.29, 1.82) is 0 Å². The monoisotopic (exact) mass is 333 g/mol. The van der Waals surface area contributed by atoms with Crippen molar-refractivity contribution in [3.63, 3.8) is 0 Å². The number of methoxy groups -OCH3 is 1. The topological polar surface area (TPSA) is 110 Å². The molecule has 1 amide bonds. The minimum atomic E-state index is -1.17. The van der Waals surface area contributed by atoms with E-state index in [1.807, 2.05) is 0 Å². The van der Waals surface area contributed by atoms with Crippen molar-refractivity contribution in [3.8, 4) is 0 Å². The van der Waals surface area contributed by atoms with Crippen molar-refractivity contribution in [2.45, 2.75) is 31.7 Å². The Labute approximate surface area is 139 Å². The molecule has 0 spiro atoms. The van der Waals surface area contributed by atoms with E-state index in [2.05, 4.69) is 10.1 Å². The molecule has 24 heavy (non-hydrogen) atoms. The summed E-state index contributed by atoms with van der Waals surface area (Å²) in [6.45, 7) is 0. The molecule has 1 saturated carbocycles. The van der Waals surface area contributed by atoms with Gasteiger partial charge in [-0.15, -0.1) is 0 Å². The Kier molecular flexibility index (Phi) is 5.68. The summed E-state index contributed by atoms with van der Waals surface area (Å²) in [5, 5.41) is 11.9. The van der Waals surface area contributed by atoms with Gasteiger partial charge < -0.3 is 15.2 Å². The number of ether oxygens (including phenoxy) is 1. The quantitative estimate of drug-likeness (QED) is 0.789. The van der Waals surface area contributed by atoms with Crippen molar-refractivity contribution in [3.05, 3.63) is 35.4 Å². The number of rotatable bonds is 5. The Hall–Kier alpha value is -2.70. The van der Waals surface area contributed by atoms with Crippen LogP contribution in [0.3, 0.4) is 0 Å². The van der Waals surface area contributed by atoms with E-state index in [4.69, 9.17) is 0 Å². The highest BCUT2D eigenvalue weighted by Gasteiger charge is 2.33. The number of carboxylic acids is 1. The second kappa shape index (κ2) is 7.72. The average molecular weight is 333 g/mol. The van der Waals surface area contributed by atoms with Crippen LogP contribution in [0.2, 0.25) is 0 Å². The fourth-order valence-corrected chi connectivity index (χ4v) is 2.85. The number of hydrogen-bond donors (Lipinski definition) is 2. The lowest BCUT2D eigenvalue weighted by Gasteiger charge is -2.27. The molecule has 7 nitrogen and oxygen atoms in total. The zero-order valence-corrected chi connectivity index (χ0v) is 13.3. The molecule has 0 aromatic heterocycles. The molecule has 7 heteroatoms. The first-order valence-corrected chi connectivity index (χ1v) is 7.66. The van der Waals surface area contributed by atoms with E-state index in [1.54, 1.807) is 0 Å². The Bertz CT molecular complexity index is 669. The zero-order valence-electron chi connectivity index (χ0n) is 13.3. The number of carbonyl (C=O) groups excluding carboxylic acids is 3. The van der Waals surface area contributed by atoms with E-state index in [1.165, 1.54) is 31.4 Å². The molecule has 1 aliphatic rings. The number of Topliss-reactive ketones (excluding diaryl/α,β-unsaturated/α-hetero) is 1. The van der Waals surface area contributed by atoms with E-state index in [0.29, 0.717) is 19.3 Å². The standard InChI is InChI=1S/C17H19NO6/c1-24-17(23)12-6-2-5-11(8-12)15(20)18-14(16(21)22)10-4-3-7-13(19)9-10/h2,5-6,8,10,14H,3-4,7,9H2,1H3,(H,18,20)(H,21,22)/t10-,14+/m0/s1. The van der Waals surface area contributed by atoms with Gasteiger partial charge in [0.1, 0.15) is 11.8 Å². The maximum absolute atomic E-state index is 12.3. The largest absolute Gasteiger partial charge is 0.480 e. The molecule has 2 atom stereocenters. The molecular weight excluding hydrogens is 314 g/mol. The maximum Gasteiger partial charge on any atom is 0.337 e. The van der Waals surface area contributed by atoms with Gasteiger partial charge in [-0.05, 0) is 37.0 Å². The number of ketones is 1. The molecule has 2 rings (SSSR count). The first-order valence-electron chi connectivity index (χ1n) is 7.66. The van der Waals surface area contributed by atoms with Crippen LogP contribution in [-0.4, -0.2) is 41.9 Å². The third-order valence-electron chi connectivity index (χ3n) is 4.09. The summed E-state index contributed by atoms with van der Waals surface area (Å²) in [5.41, 5.74) is 0.358. The molecule has 0 heterocycles. The number of hydrogen-bond acceptors (Lipinski definition) is 5. The van der Waals surface area contributed by atoms with Gasteiger partial charge in [0.15, 0.2) is 0 Å². The Morgan fingerprint density at radius 1 is 1.29 bits per heavy atom. The summed E-state index contributed by atoms with van der Waals surface area (Å²) in [6, 6.07) is 4.69. The van der Waals surface area contributed by atoms with E-state index in [9.17, 15) is 24.3 Å². The number of carboxylic acid groups (broad SMARTS) is 1. The Morgan fingerprint density at radius 3 is 2.62 bits per heavy atom. The van der Waals surface area contributed by atoms with Crippen LogP contribution in [0.5, 0.6) is 0 Å². The van der Waals surface area contributed by atoms with Crippen molar-refractivity contribution < 1.29 is 29.0 Å². The van der Waals surface area contributed by atoms with E-state index >= 15 is 0 Å². The van der Waals surface area contributed by atoms with Crippen LogP contribution in [-0.2, 0) is 14.3 Å². The lowest BCUT2D eigenvalue weighted by molar-refractivity contribution is -0.141. The molecule has 0 aliphatic heterocycles. The lowest BCUT2D eigenvalue weighted by Crippen LogP contribution is -2.47. The number of aliphatic carboxylic acids is 1. The first-order chi connectivity index (χ1) is 11.4. The zero-order chi connectivity index (χ0) is 17.7. The third kappa shape index (κ3) is 4.18. The van der Waals surface area contributed by atoms with Crippen LogP contribution in [0.4, 0.5) is 0 Å². The van der Waals surface area contributed by atoms with Crippen LogP contribution >= 0.6 is 0 Å². The fourth-order valence-electron chi connectivity index (χ4n) is 2.85. The van der Waals surface area contributed by atoms with Crippen LogP contribution < -0.4 is 5.32 Å². The second-order valence-corrected chi connectivity index (χ2v) is 5.76. The third-order valence-corrected chi connectivity index (χ3v) is 4.09. The molecule has 1 aromatic carbocycles. The van der Waals surface area contributed by atoms with Crippen LogP contribution in [0.1, 0.15) is 46.4 Å². The van der Waals surface area contributed by atoms with Gasteiger partial charge in [-0.25, -0.2) is 9.59 Å². The first kappa shape index (κ1) is 17.7. The lowest BCUT2D eigenvalue weighted by atomic mass is 9.83. The van der Waals surface area contributed by atoms with Crippen molar-refractivity contribution in [2.24, 2.45) is 5.92 Å². The number of esters is 1. The molecule has 0 unspecified atom stereocenters. The van der Waals surface area contributed by atoms with Gasteiger partial charge in [0.2, 0.25) is 0 Å². The average Bonchev–Trinajstić information content (AvgIpc) is 2.58. The molecule has 0 bridgehead atoms. The van der Waals surface area contributed by atoms with Gasteiger partial charge in [-0.1, -0.05) is 6.07 Å². The summed E-state index contributed by atoms with van der Waals surface area (Å²) in [4.78, 5) is 46.9. The number of nitrogens with one attached hydrogen (secondary N) is 1. The molecule has 1 aromatic rings. The second-order valence-electron chi connectivity index (χ2n) is 5.76. The molecule has 128 valence electrons. The van der Waals surface area contributed by atoms with Crippen LogP contribution in [0, 0.1) is 5.92 Å². The fraction of sp³-hybridized carbons (Fsp3) is 0.412. The van der Waals surface area contributed by atoms with E-state index in [-0.39, 0.29) is 23.3 Å². The summed E-state index contributed by atoms with van der Waals surface area (Å²) in [6.07, 6.45) is 1.81. The van der Waals surface area contributed by atoms with Gasteiger partial charge in [-0.2, -0.15) is 0 Å². The number of benzene rings is 1. The van der Waals surface area contributed by atoms with E-state index < -0.39 is 29.8 Å². The Balaban J connectivity index is 2.14. The van der Waals surface area contributed by atoms with Gasteiger partial charge in [0.05, 0.1) is 12.7 Å². The van der Waals surface area contributed by atoms with Crippen molar-refractivity contribution in [1.82, 2.24) is 5.32 Å². The summed E-state index contributed by atoms with van der Waals surface area (Å²) >= 11 is 0.